The Kier molecular flexibility index (Phi) is 3.79. The van der Waals surface area contributed by atoms with Crippen LogP contribution in [0.4, 0.5) is 10.1 Å². The Labute approximate surface area is 127 Å². The second kappa shape index (κ2) is 5.57. The molecule has 1 fully saturated rings. The molecular formula is C17H17BrFN. The molecule has 3 heteroatoms. The van der Waals surface area contributed by atoms with Gasteiger partial charge in [-0.15, -0.1) is 0 Å². The average molecular weight is 334 g/mol. The lowest BCUT2D eigenvalue weighted by atomic mass is 9.75. The van der Waals surface area contributed by atoms with Gasteiger partial charge in [0, 0.05) is 16.2 Å². The van der Waals surface area contributed by atoms with Gasteiger partial charge in [-0.3, -0.25) is 0 Å². The topological polar surface area (TPSA) is 12.0 Å². The molecule has 0 amide bonds. The van der Waals surface area contributed by atoms with Gasteiger partial charge in [-0.1, -0.05) is 34.1 Å². The smallest absolute Gasteiger partial charge is 0.123 e. The zero-order chi connectivity index (χ0) is 14.1. The van der Waals surface area contributed by atoms with E-state index in [1.165, 1.54) is 17.3 Å². The molecule has 2 aromatic rings. The fraction of sp³-hybridized carbons (Fsp3) is 0.294. The summed E-state index contributed by atoms with van der Waals surface area (Å²) in [6.45, 7) is 2.11. The molecule has 0 bridgehead atoms. The lowest BCUT2D eigenvalue weighted by Crippen LogP contribution is -2.34. The van der Waals surface area contributed by atoms with E-state index in [1.54, 1.807) is 12.1 Å². The van der Waals surface area contributed by atoms with Gasteiger partial charge in [0.1, 0.15) is 5.82 Å². The Hall–Kier alpha value is -1.35. The van der Waals surface area contributed by atoms with Crippen LogP contribution in [-0.2, 0) is 0 Å². The van der Waals surface area contributed by atoms with E-state index in [-0.39, 0.29) is 5.82 Å². The molecule has 2 aromatic carbocycles. The normalized spacial score (nSPS) is 21.4. The standard InChI is InChI=1S/C17H17BrFN/c1-11-16(18)6-3-7-17(11)20-15-9-13(10-15)12-4-2-5-14(19)8-12/h2-8,13,15,20H,9-10H2,1H3. The Morgan fingerprint density at radius 3 is 2.65 bits per heavy atom. The maximum Gasteiger partial charge on any atom is 0.123 e. The van der Waals surface area contributed by atoms with Gasteiger partial charge in [0.2, 0.25) is 0 Å². The molecule has 3 rings (SSSR count). The zero-order valence-corrected chi connectivity index (χ0v) is 13.0. The zero-order valence-electron chi connectivity index (χ0n) is 11.4. The first kappa shape index (κ1) is 13.6. The van der Waals surface area contributed by atoms with Crippen LogP contribution in [0.2, 0.25) is 0 Å². The van der Waals surface area contributed by atoms with Gasteiger partial charge in [-0.2, -0.15) is 0 Å². The molecule has 0 aliphatic heterocycles. The van der Waals surface area contributed by atoms with Gasteiger partial charge in [-0.05, 0) is 61.1 Å². The molecular weight excluding hydrogens is 317 g/mol. The third-order valence-corrected chi connectivity index (χ3v) is 4.94. The third-order valence-electron chi connectivity index (χ3n) is 4.09. The number of nitrogens with one attached hydrogen (secondary N) is 1. The van der Waals surface area contributed by atoms with Crippen molar-refractivity contribution in [1.29, 1.82) is 0 Å². The number of benzene rings is 2. The predicted octanol–water partition coefficient (Wildman–Crippen LogP) is 5.25. The molecule has 1 N–H and O–H groups in total. The van der Waals surface area contributed by atoms with Gasteiger partial charge >= 0.3 is 0 Å². The van der Waals surface area contributed by atoms with Gasteiger partial charge in [0.05, 0.1) is 0 Å². The van der Waals surface area contributed by atoms with E-state index in [0.29, 0.717) is 12.0 Å². The minimum Gasteiger partial charge on any atom is -0.382 e. The first-order valence-electron chi connectivity index (χ1n) is 6.90. The Morgan fingerprint density at radius 1 is 1.15 bits per heavy atom. The third kappa shape index (κ3) is 2.73. The SMILES string of the molecule is Cc1c(Br)cccc1NC1CC(c2cccc(F)c2)C1. The van der Waals surface area contributed by atoms with Crippen LogP contribution in [0.25, 0.3) is 0 Å². The van der Waals surface area contributed by atoms with Crippen molar-refractivity contribution >= 4 is 21.6 Å². The summed E-state index contributed by atoms with van der Waals surface area (Å²) in [5.74, 6) is 0.345. The first-order chi connectivity index (χ1) is 9.63. The van der Waals surface area contributed by atoms with E-state index in [1.807, 2.05) is 12.1 Å². The number of rotatable bonds is 3. The highest BCUT2D eigenvalue weighted by Gasteiger charge is 2.30. The van der Waals surface area contributed by atoms with Crippen LogP contribution in [0.1, 0.15) is 29.9 Å². The average Bonchev–Trinajstić information content (AvgIpc) is 2.38. The number of anilines is 1. The number of hydrogen-bond donors (Lipinski definition) is 1. The van der Waals surface area contributed by atoms with Crippen molar-refractivity contribution in [2.24, 2.45) is 0 Å². The second-order valence-corrected chi connectivity index (χ2v) is 6.33. The fourth-order valence-electron chi connectivity index (χ4n) is 2.75. The molecule has 0 unspecified atom stereocenters. The van der Waals surface area contributed by atoms with Crippen molar-refractivity contribution < 1.29 is 4.39 Å². The van der Waals surface area contributed by atoms with Crippen LogP contribution >= 0.6 is 15.9 Å². The number of halogens is 2. The summed E-state index contributed by atoms with van der Waals surface area (Å²) in [5.41, 5.74) is 3.54. The van der Waals surface area contributed by atoms with Crippen molar-refractivity contribution in [3.63, 3.8) is 0 Å². The first-order valence-corrected chi connectivity index (χ1v) is 7.70. The minimum atomic E-state index is -0.137. The molecule has 1 saturated carbocycles. The summed E-state index contributed by atoms with van der Waals surface area (Å²) in [6.07, 6.45) is 2.13. The second-order valence-electron chi connectivity index (χ2n) is 5.48. The minimum absolute atomic E-state index is 0.137. The molecule has 0 saturated heterocycles. The van der Waals surface area contributed by atoms with Crippen LogP contribution in [0, 0.1) is 12.7 Å². The molecule has 1 nitrogen and oxygen atoms in total. The molecule has 0 radical (unpaired) electrons. The van der Waals surface area contributed by atoms with Crippen molar-refractivity contribution in [2.75, 3.05) is 5.32 Å². The Bertz CT molecular complexity index is 620. The predicted molar refractivity (Wildman–Crippen MR) is 84.7 cm³/mol. The van der Waals surface area contributed by atoms with Crippen LogP contribution in [0.3, 0.4) is 0 Å². The monoisotopic (exact) mass is 333 g/mol. The van der Waals surface area contributed by atoms with Gasteiger partial charge in [0.15, 0.2) is 0 Å². The van der Waals surface area contributed by atoms with E-state index in [4.69, 9.17) is 0 Å². The largest absolute Gasteiger partial charge is 0.382 e. The maximum atomic E-state index is 13.2. The van der Waals surface area contributed by atoms with E-state index < -0.39 is 0 Å². The highest BCUT2D eigenvalue weighted by molar-refractivity contribution is 9.10. The molecule has 1 aliphatic carbocycles. The highest BCUT2D eigenvalue weighted by atomic mass is 79.9. The van der Waals surface area contributed by atoms with Crippen LogP contribution in [0.15, 0.2) is 46.9 Å². The molecule has 0 heterocycles. The summed E-state index contributed by atoms with van der Waals surface area (Å²) in [6, 6.07) is 13.7. The highest BCUT2D eigenvalue weighted by Crippen LogP contribution is 2.39. The molecule has 0 aromatic heterocycles. The molecule has 0 atom stereocenters. The van der Waals surface area contributed by atoms with Crippen molar-refractivity contribution in [1.82, 2.24) is 0 Å². The fourth-order valence-corrected chi connectivity index (χ4v) is 3.12. The van der Waals surface area contributed by atoms with Crippen LogP contribution in [-0.4, -0.2) is 6.04 Å². The summed E-state index contributed by atoms with van der Waals surface area (Å²) in [7, 11) is 0. The Balaban J connectivity index is 1.62. The van der Waals surface area contributed by atoms with Gasteiger partial charge < -0.3 is 5.32 Å². The lowest BCUT2D eigenvalue weighted by Gasteiger charge is -2.37. The summed E-state index contributed by atoms with van der Waals surface area (Å²) < 4.78 is 14.3. The molecule has 0 spiro atoms. The van der Waals surface area contributed by atoms with Gasteiger partial charge in [-0.25, -0.2) is 4.39 Å². The van der Waals surface area contributed by atoms with E-state index >= 15 is 0 Å². The number of hydrogen-bond acceptors (Lipinski definition) is 1. The van der Waals surface area contributed by atoms with Gasteiger partial charge in [0.25, 0.3) is 0 Å². The van der Waals surface area contributed by atoms with E-state index in [2.05, 4.69) is 40.3 Å². The maximum absolute atomic E-state index is 13.2. The quantitative estimate of drug-likeness (QED) is 0.808. The van der Waals surface area contributed by atoms with Crippen molar-refractivity contribution in [3.05, 3.63) is 63.9 Å². The molecule has 1 aliphatic rings. The van der Waals surface area contributed by atoms with Crippen LogP contribution in [0.5, 0.6) is 0 Å². The molecule has 20 heavy (non-hydrogen) atoms. The summed E-state index contributed by atoms with van der Waals surface area (Å²) in [5, 5.41) is 3.58. The van der Waals surface area contributed by atoms with E-state index in [0.717, 1.165) is 22.9 Å². The Morgan fingerprint density at radius 2 is 1.90 bits per heavy atom. The van der Waals surface area contributed by atoms with Crippen LogP contribution < -0.4 is 5.32 Å². The lowest BCUT2D eigenvalue weighted by molar-refractivity contribution is 0.373. The summed E-state index contributed by atoms with van der Waals surface area (Å²) in [4.78, 5) is 0. The summed E-state index contributed by atoms with van der Waals surface area (Å²) >= 11 is 3.55. The van der Waals surface area contributed by atoms with E-state index in [9.17, 15) is 4.39 Å². The van der Waals surface area contributed by atoms with Crippen molar-refractivity contribution in [2.45, 2.75) is 31.7 Å². The van der Waals surface area contributed by atoms with Crippen molar-refractivity contribution in [3.8, 4) is 0 Å². The molecule has 104 valence electrons.